The third-order valence-corrected chi connectivity index (χ3v) is 1.51. The van der Waals surface area contributed by atoms with Crippen molar-refractivity contribution in [3.8, 4) is 12.3 Å². The van der Waals surface area contributed by atoms with Crippen molar-refractivity contribution in [2.75, 3.05) is 0 Å². The molecule has 1 N–H and O–H groups in total. The van der Waals surface area contributed by atoms with Gasteiger partial charge in [0.2, 0.25) is 0 Å². The van der Waals surface area contributed by atoms with Crippen LogP contribution in [0.1, 0.15) is 5.56 Å². The quantitative estimate of drug-likeness (QED) is 0.557. The van der Waals surface area contributed by atoms with E-state index in [-0.39, 0.29) is 0 Å². The molecule has 0 aliphatic carbocycles. The predicted octanol–water partition coefficient (Wildman–Crippen LogP) is 0.939. The summed E-state index contributed by atoms with van der Waals surface area (Å²) in [5.41, 5.74) is 1.59. The Balaban J connectivity index is 2.89. The Labute approximate surface area is 63.5 Å². The standard InChI is InChI=1S/C8H5N3/c1-2-6-3-10-8-7(6)4-9-5-11-8/h1,3-5H,(H,9,10,11). The number of aromatic nitrogens is 3. The summed E-state index contributed by atoms with van der Waals surface area (Å²) in [6, 6.07) is 0. The van der Waals surface area contributed by atoms with Gasteiger partial charge in [0.25, 0.3) is 0 Å². The van der Waals surface area contributed by atoms with Gasteiger partial charge in [-0.3, -0.25) is 0 Å². The molecule has 0 radical (unpaired) electrons. The van der Waals surface area contributed by atoms with Gasteiger partial charge < -0.3 is 4.98 Å². The molecule has 0 unspecified atom stereocenters. The molecule has 0 saturated heterocycles. The molecule has 0 saturated carbocycles. The van der Waals surface area contributed by atoms with Crippen molar-refractivity contribution in [1.29, 1.82) is 0 Å². The molecule has 0 spiro atoms. The van der Waals surface area contributed by atoms with Crippen molar-refractivity contribution in [2.45, 2.75) is 0 Å². The lowest BCUT2D eigenvalue weighted by molar-refractivity contribution is 1.20. The number of nitrogens with zero attached hydrogens (tertiary/aromatic N) is 2. The highest BCUT2D eigenvalue weighted by Gasteiger charge is 1.99. The molecule has 11 heavy (non-hydrogen) atoms. The van der Waals surface area contributed by atoms with E-state index in [2.05, 4.69) is 20.9 Å². The fourth-order valence-electron chi connectivity index (χ4n) is 0.979. The average molecular weight is 143 g/mol. The summed E-state index contributed by atoms with van der Waals surface area (Å²) in [7, 11) is 0. The zero-order chi connectivity index (χ0) is 7.68. The lowest BCUT2D eigenvalue weighted by Gasteiger charge is -1.85. The first-order valence-electron chi connectivity index (χ1n) is 3.15. The zero-order valence-corrected chi connectivity index (χ0v) is 5.70. The first kappa shape index (κ1) is 5.93. The molecule has 0 aliphatic rings. The third kappa shape index (κ3) is 0.767. The lowest BCUT2D eigenvalue weighted by Crippen LogP contribution is -1.77. The Bertz CT molecular complexity index is 422. The van der Waals surface area contributed by atoms with Crippen molar-refractivity contribution < 1.29 is 0 Å². The minimum absolute atomic E-state index is 0.785. The minimum Gasteiger partial charge on any atom is -0.345 e. The van der Waals surface area contributed by atoms with E-state index in [4.69, 9.17) is 6.42 Å². The van der Waals surface area contributed by atoms with E-state index in [0.717, 1.165) is 16.6 Å². The van der Waals surface area contributed by atoms with Crippen LogP contribution in [0, 0.1) is 12.3 Å². The predicted molar refractivity (Wildman–Crippen MR) is 41.8 cm³/mol. The summed E-state index contributed by atoms with van der Waals surface area (Å²) in [6.07, 6.45) is 10.2. The van der Waals surface area contributed by atoms with Gasteiger partial charge in [0.15, 0.2) is 0 Å². The smallest absolute Gasteiger partial charge is 0.141 e. The van der Waals surface area contributed by atoms with Crippen LogP contribution >= 0.6 is 0 Å². The van der Waals surface area contributed by atoms with Gasteiger partial charge in [0.05, 0.1) is 10.9 Å². The van der Waals surface area contributed by atoms with Gasteiger partial charge in [0.1, 0.15) is 12.0 Å². The van der Waals surface area contributed by atoms with Crippen LogP contribution in [0.3, 0.4) is 0 Å². The monoisotopic (exact) mass is 143 g/mol. The van der Waals surface area contributed by atoms with E-state index in [1.54, 1.807) is 12.4 Å². The molecular weight excluding hydrogens is 138 g/mol. The third-order valence-electron chi connectivity index (χ3n) is 1.51. The van der Waals surface area contributed by atoms with Crippen LogP contribution in [-0.4, -0.2) is 15.0 Å². The van der Waals surface area contributed by atoms with Gasteiger partial charge in [0, 0.05) is 12.4 Å². The highest BCUT2D eigenvalue weighted by Crippen LogP contribution is 2.12. The molecule has 0 aromatic carbocycles. The van der Waals surface area contributed by atoms with E-state index in [1.807, 2.05) is 0 Å². The van der Waals surface area contributed by atoms with E-state index < -0.39 is 0 Å². The van der Waals surface area contributed by atoms with Crippen molar-refractivity contribution in [3.63, 3.8) is 0 Å². The zero-order valence-electron chi connectivity index (χ0n) is 5.70. The van der Waals surface area contributed by atoms with Crippen LogP contribution in [0.25, 0.3) is 11.0 Å². The molecule has 2 heterocycles. The van der Waals surface area contributed by atoms with Crippen molar-refractivity contribution in [3.05, 3.63) is 24.3 Å². The number of hydrogen-bond donors (Lipinski definition) is 1. The molecule has 0 aliphatic heterocycles. The molecule has 52 valence electrons. The SMILES string of the molecule is C#Cc1c[nH]c2ncncc12. The topological polar surface area (TPSA) is 41.6 Å². The second kappa shape index (κ2) is 2.10. The number of H-pyrrole nitrogens is 1. The van der Waals surface area contributed by atoms with Crippen LogP contribution < -0.4 is 0 Å². The maximum absolute atomic E-state index is 5.23. The molecule has 0 atom stereocenters. The normalized spacial score (nSPS) is 9.73. The Morgan fingerprint density at radius 2 is 2.45 bits per heavy atom. The van der Waals surface area contributed by atoms with Crippen molar-refractivity contribution in [2.24, 2.45) is 0 Å². The molecule has 2 rings (SSSR count). The summed E-state index contributed by atoms with van der Waals surface area (Å²) >= 11 is 0. The summed E-state index contributed by atoms with van der Waals surface area (Å²) in [5, 5.41) is 0.898. The highest BCUT2D eigenvalue weighted by atomic mass is 14.9. The van der Waals surface area contributed by atoms with Gasteiger partial charge in [-0.1, -0.05) is 5.92 Å². The van der Waals surface area contributed by atoms with Gasteiger partial charge in [-0.15, -0.1) is 6.42 Å². The van der Waals surface area contributed by atoms with E-state index in [1.165, 1.54) is 6.33 Å². The van der Waals surface area contributed by atoms with Gasteiger partial charge in [-0.05, 0) is 0 Å². The highest BCUT2D eigenvalue weighted by molar-refractivity contribution is 5.81. The first-order chi connectivity index (χ1) is 5.42. The number of nitrogens with one attached hydrogen (secondary N) is 1. The lowest BCUT2D eigenvalue weighted by atomic mass is 10.3. The molecular formula is C8H5N3. The Morgan fingerprint density at radius 1 is 1.55 bits per heavy atom. The number of terminal acetylenes is 1. The fourth-order valence-corrected chi connectivity index (χ4v) is 0.979. The summed E-state index contributed by atoms with van der Waals surface area (Å²) in [5.74, 6) is 2.54. The maximum atomic E-state index is 5.23. The van der Waals surface area contributed by atoms with Gasteiger partial charge >= 0.3 is 0 Å². The summed E-state index contributed by atoms with van der Waals surface area (Å²) in [4.78, 5) is 10.8. The molecule has 3 nitrogen and oxygen atoms in total. The first-order valence-corrected chi connectivity index (χ1v) is 3.15. The maximum Gasteiger partial charge on any atom is 0.141 e. The largest absolute Gasteiger partial charge is 0.345 e. The average Bonchev–Trinajstić information content (AvgIpc) is 2.47. The molecule has 0 fully saturated rings. The van der Waals surface area contributed by atoms with Crippen LogP contribution in [0.15, 0.2) is 18.7 Å². The molecule has 0 amide bonds. The van der Waals surface area contributed by atoms with Crippen LogP contribution in [0.2, 0.25) is 0 Å². The summed E-state index contributed by atoms with van der Waals surface area (Å²) < 4.78 is 0. The van der Waals surface area contributed by atoms with E-state index in [0.29, 0.717) is 0 Å². The number of rotatable bonds is 0. The van der Waals surface area contributed by atoms with Crippen LogP contribution in [0.4, 0.5) is 0 Å². The molecule has 2 aromatic heterocycles. The van der Waals surface area contributed by atoms with Gasteiger partial charge in [-0.25, -0.2) is 9.97 Å². The second-order valence-electron chi connectivity index (χ2n) is 2.13. The second-order valence-corrected chi connectivity index (χ2v) is 2.13. The van der Waals surface area contributed by atoms with Crippen LogP contribution in [-0.2, 0) is 0 Å². The number of aromatic amines is 1. The Kier molecular flexibility index (Phi) is 1.13. The van der Waals surface area contributed by atoms with Crippen molar-refractivity contribution >= 4 is 11.0 Å². The van der Waals surface area contributed by atoms with E-state index >= 15 is 0 Å². The number of fused-ring (bicyclic) bond motifs is 1. The van der Waals surface area contributed by atoms with Gasteiger partial charge in [-0.2, -0.15) is 0 Å². The van der Waals surface area contributed by atoms with Crippen molar-refractivity contribution in [1.82, 2.24) is 15.0 Å². The fraction of sp³-hybridized carbons (Fsp3) is 0. The van der Waals surface area contributed by atoms with E-state index in [9.17, 15) is 0 Å². The molecule has 0 bridgehead atoms. The number of hydrogen-bond acceptors (Lipinski definition) is 2. The minimum atomic E-state index is 0.785. The Morgan fingerprint density at radius 3 is 3.27 bits per heavy atom. The Hall–Kier alpha value is -1.82. The summed E-state index contributed by atoms with van der Waals surface area (Å²) in [6.45, 7) is 0. The van der Waals surface area contributed by atoms with Crippen LogP contribution in [0.5, 0.6) is 0 Å². The molecule has 3 heteroatoms. The molecule has 2 aromatic rings.